The number of benzene rings is 2. The van der Waals surface area contributed by atoms with Gasteiger partial charge in [0.1, 0.15) is 5.82 Å². The van der Waals surface area contributed by atoms with Gasteiger partial charge in [-0.15, -0.1) is 0 Å². The van der Waals surface area contributed by atoms with Crippen molar-refractivity contribution in [3.8, 4) is 11.1 Å². The maximum Gasteiger partial charge on any atom is 0.416 e. The van der Waals surface area contributed by atoms with Crippen LogP contribution in [-0.4, -0.2) is 61.5 Å². The number of primary sulfonamides is 1. The Hall–Kier alpha value is -3.81. The number of hydrogen-bond acceptors (Lipinski definition) is 8. The summed E-state index contributed by atoms with van der Waals surface area (Å²) in [5, 5.41) is 8.29. The molecule has 0 atom stereocenters. The van der Waals surface area contributed by atoms with E-state index in [0.717, 1.165) is 44.1 Å². The van der Waals surface area contributed by atoms with Gasteiger partial charge in [-0.05, 0) is 55.6 Å². The highest BCUT2D eigenvalue weighted by molar-refractivity contribution is 7.89. The average molecular weight is 544 g/mol. The van der Waals surface area contributed by atoms with Crippen LogP contribution in [0.4, 0.5) is 30.6 Å². The highest BCUT2D eigenvalue weighted by Gasteiger charge is 2.32. The molecule has 9 nitrogen and oxygen atoms in total. The lowest BCUT2D eigenvalue weighted by Crippen LogP contribution is -2.44. The lowest BCUT2D eigenvalue weighted by Gasteiger charge is -2.33. The number of alkyl halides is 3. The van der Waals surface area contributed by atoms with Gasteiger partial charge in [0.25, 0.3) is 0 Å². The number of nitrogens with one attached hydrogen (secondary N) is 1. The Kier molecular flexibility index (Phi) is 6.67. The minimum absolute atomic E-state index is 0.0584. The van der Waals surface area contributed by atoms with E-state index in [0.29, 0.717) is 16.8 Å². The number of sulfonamides is 1. The summed E-state index contributed by atoms with van der Waals surface area (Å²) in [5.74, 6) is 0.891. The lowest BCUT2D eigenvalue weighted by atomic mass is 10.0. The molecule has 38 heavy (non-hydrogen) atoms. The van der Waals surface area contributed by atoms with Crippen LogP contribution >= 0.6 is 0 Å². The first-order valence-electron chi connectivity index (χ1n) is 11.7. The van der Waals surface area contributed by atoms with Crippen LogP contribution < -0.4 is 15.4 Å². The number of fused-ring (bicyclic) bond motifs is 1. The van der Waals surface area contributed by atoms with Gasteiger partial charge in [0.15, 0.2) is 0 Å². The second-order valence-corrected chi connectivity index (χ2v) is 10.6. The third-order valence-corrected chi connectivity index (χ3v) is 7.26. The molecule has 0 radical (unpaired) electrons. The summed E-state index contributed by atoms with van der Waals surface area (Å²) >= 11 is 0. The van der Waals surface area contributed by atoms with Gasteiger partial charge in [-0.2, -0.15) is 13.2 Å². The Balaban J connectivity index is 1.51. The molecule has 0 bridgehead atoms. The first-order chi connectivity index (χ1) is 18.0. The van der Waals surface area contributed by atoms with Crippen molar-refractivity contribution >= 4 is 38.4 Å². The lowest BCUT2D eigenvalue weighted by molar-refractivity contribution is -0.137. The zero-order valence-corrected chi connectivity index (χ0v) is 21.1. The molecule has 2 aromatic heterocycles. The Morgan fingerprint density at radius 2 is 1.66 bits per heavy atom. The molecule has 3 N–H and O–H groups in total. The molecular weight excluding hydrogens is 519 g/mol. The van der Waals surface area contributed by atoms with Crippen LogP contribution in [0.1, 0.15) is 5.56 Å². The molecule has 5 rings (SSSR count). The van der Waals surface area contributed by atoms with Crippen molar-refractivity contribution in [2.45, 2.75) is 11.1 Å². The van der Waals surface area contributed by atoms with E-state index in [9.17, 15) is 21.6 Å². The number of hydrogen-bond donors (Lipinski definition) is 2. The highest BCUT2D eigenvalue weighted by Crippen LogP contribution is 2.37. The average Bonchev–Trinajstić information content (AvgIpc) is 2.88. The van der Waals surface area contributed by atoms with Crippen LogP contribution in [0.3, 0.4) is 0 Å². The minimum atomic E-state index is -4.56. The molecule has 1 fully saturated rings. The van der Waals surface area contributed by atoms with Crippen molar-refractivity contribution in [1.29, 1.82) is 0 Å². The fourth-order valence-corrected chi connectivity index (χ4v) is 4.73. The largest absolute Gasteiger partial charge is 0.416 e. The molecule has 0 unspecified atom stereocenters. The number of pyridine rings is 1. The van der Waals surface area contributed by atoms with Crippen molar-refractivity contribution in [3.05, 3.63) is 66.5 Å². The van der Waals surface area contributed by atoms with Gasteiger partial charge in [0, 0.05) is 60.8 Å². The van der Waals surface area contributed by atoms with E-state index in [-0.39, 0.29) is 21.8 Å². The quantitative estimate of drug-likeness (QED) is 0.390. The maximum absolute atomic E-state index is 13.7. The minimum Gasteiger partial charge on any atom is -0.354 e. The van der Waals surface area contributed by atoms with Crippen LogP contribution in [0.2, 0.25) is 0 Å². The summed E-state index contributed by atoms with van der Waals surface area (Å²) in [5.41, 5.74) is 0.726. The molecule has 1 aliphatic rings. The summed E-state index contributed by atoms with van der Waals surface area (Å²) in [6.07, 6.45) is -1.68. The Labute approximate surface area is 217 Å². The van der Waals surface area contributed by atoms with Crippen molar-refractivity contribution in [2.75, 3.05) is 43.4 Å². The van der Waals surface area contributed by atoms with E-state index < -0.39 is 21.8 Å². The number of nitrogens with two attached hydrogens (primary N) is 1. The van der Waals surface area contributed by atoms with E-state index >= 15 is 0 Å². The molecule has 198 valence electrons. The smallest absolute Gasteiger partial charge is 0.354 e. The van der Waals surface area contributed by atoms with Gasteiger partial charge < -0.3 is 15.1 Å². The summed E-state index contributed by atoms with van der Waals surface area (Å²) < 4.78 is 64.1. The monoisotopic (exact) mass is 543 g/mol. The van der Waals surface area contributed by atoms with Gasteiger partial charge in [0.05, 0.1) is 16.0 Å². The van der Waals surface area contributed by atoms with Crippen molar-refractivity contribution in [1.82, 2.24) is 19.9 Å². The Morgan fingerprint density at radius 1 is 0.947 bits per heavy atom. The zero-order chi connectivity index (χ0) is 27.1. The van der Waals surface area contributed by atoms with Crippen LogP contribution in [0.15, 0.2) is 65.8 Å². The van der Waals surface area contributed by atoms with Gasteiger partial charge in [-0.25, -0.2) is 28.5 Å². The molecule has 13 heteroatoms. The number of anilines is 3. The van der Waals surface area contributed by atoms with E-state index in [2.05, 4.69) is 37.1 Å². The third-order valence-electron chi connectivity index (χ3n) is 6.34. The topological polar surface area (TPSA) is 117 Å². The van der Waals surface area contributed by atoms with Crippen molar-refractivity contribution in [2.24, 2.45) is 5.14 Å². The fourth-order valence-electron chi connectivity index (χ4n) is 4.21. The molecule has 1 saturated heterocycles. The number of piperazine rings is 1. The van der Waals surface area contributed by atoms with Gasteiger partial charge in [-0.1, -0.05) is 0 Å². The third kappa shape index (κ3) is 5.54. The van der Waals surface area contributed by atoms with E-state index in [1.165, 1.54) is 30.5 Å². The summed E-state index contributed by atoms with van der Waals surface area (Å²) in [4.78, 5) is 17.5. The van der Waals surface area contributed by atoms with E-state index in [1.807, 2.05) is 0 Å². The summed E-state index contributed by atoms with van der Waals surface area (Å²) in [6.45, 7) is 3.43. The Morgan fingerprint density at radius 3 is 2.26 bits per heavy atom. The first-order valence-corrected chi connectivity index (χ1v) is 13.2. The van der Waals surface area contributed by atoms with Gasteiger partial charge in [0.2, 0.25) is 16.0 Å². The molecule has 3 heterocycles. The van der Waals surface area contributed by atoms with Crippen molar-refractivity contribution < 1.29 is 21.6 Å². The van der Waals surface area contributed by atoms with Gasteiger partial charge in [-0.3, -0.25) is 0 Å². The standard InChI is InChI=1S/C25H24F3N7O2S/c1-34-8-10-35(11-9-34)22-7-2-16(14-30-22)21-13-18(25(26,27)28)12-17-15-31-24(33-23(17)21)32-19-3-5-20(6-4-19)38(29,36)37/h2-7,12-15H,8-11H2,1H3,(H2,29,36,37)(H,31,32,33). The van der Waals surface area contributed by atoms with Crippen LogP contribution in [0.5, 0.6) is 0 Å². The molecule has 4 aromatic rings. The number of halogens is 3. The molecule has 0 amide bonds. The molecular formula is C25H24F3N7O2S. The number of nitrogens with zero attached hydrogens (tertiary/aromatic N) is 5. The van der Waals surface area contributed by atoms with E-state index in [1.54, 1.807) is 18.3 Å². The maximum atomic E-state index is 13.7. The van der Waals surface area contributed by atoms with Crippen LogP contribution in [0, 0.1) is 0 Å². The molecule has 0 saturated carbocycles. The summed E-state index contributed by atoms with van der Waals surface area (Å²) in [6, 6.07) is 11.3. The number of aromatic nitrogens is 3. The number of rotatable bonds is 5. The highest BCUT2D eigenvalue weighted by atomic mass is 32.2. The predicted molar refractivity (Wildman–Crippen MR) is 139 cm³/mol. The van der Waals surface area contributed by atoms with Crippen molar-refractivity contribution in [3.63, 3.8) is 0 Å². The first kappa shape index (κ1) is 25.8. The second-order valence-electron chi connectivity index (χ2n) is 9.04. The fraction of sp³-hybridized carbons (Fsp3) is 0.240. The van der Waals surface area contributed by atoms with Crippen LogP contribution in [0.25, 0.3) is 22.0 Å². The second kappa shape index (κ2) is 9.82. The SMILES string of the molecule is CN1CCN(c2ccc(-c3cc(C(F)(F)F)cc4cnc(Nc5ccc(S(N)(=O)=O)cc5)nc34)cn2)CC1. The molecule has 0 spiro atoms. The van der Waals surface area contributed by atoms with E-state index in [4.69, 9.17) is 5.14 Å². The predicted octanol–water partition coefficient (Wildman–Crippen LogP) is 3.85. The molecule has 1 aliphatic heterocycles. The molecule has 0 aliphatic carbocycles. The zero-order valence-electron chi connectivity index (χ0n) is 20.3. The Bertz CT molecular complexity index is 1570. The number of likely N-dealkylation sites (N-methyl/N-ethyl adjacent to an activating group) is 1. The molecule has 2 aromatic carbocycles. The van der Waals surface area contributed by atoms with Crippen LogP contribution in [-0.2, 0) is 16.2 Å². The normalized spacial score (nSPS) is 15.1. The summed E-state index contributed by atoms with van der Waals surface area (Å²) in [7, 11) is -1.80. The van der Waals surface area contributed by atoms with Gasteiger partial charge >= 0.3 is 6.18 Å².